The first kappa shape index (κ1) is 21.6. The number of nitrogens with zero attached hydrogens (tertiary/aromatic N) is 2. The van der Waals surface area contributed by atoms with Crippen molar-refractivity contribution in [2.75, 3.05) is 24.8 Å². The van der Waals surface area contributed by atoms with Gasteiger partial charge in [0, 0.05) is 45.3 Å². The fraction of sp³-hybridized carbons (Fsp3) is 0.474. The van der Waals surface area contributed by atoms with Crippen molar-refractivity contribution >= 4 is 54.2 Å². The molecule has 1 saturated heterocycles. The number of hydrogen-bond acceptors (Lipinski definition) is 4. The molecule has 0 bridgehead atoms. The van der Waals surface area contributed by atoms with Crippen LogP contribution in [0.1, 0.15) is 17.9 Å². The van der Waals surface area contributed by atoms with E-state index in [0.717, 1.165) is 22.3 Å². The Bertz CT molecular complexity index is 827. The van der Waals surface area contributed by atoms with Gasteiger partial charge in [-0.1, -0.05) is 55.1 Å². The van der Waals surface area contributed by atoms with Crippen LogP contribution in [0.2, 0.25) is 35.7 Å². The molecule has 2 heterocycles. The van der Waals surface area contributed by atoms with E-state index in [1.807, 2.05) is 12.3 Å². The van der Waals surface area contributed by atoms with Gasteiger partial charge in [0.1, 0.15) is 5.75 Å². The van der Waals surface area contributed by atoms with Gasteiger partial charge in [-0.25, -0.2) is 0 Å². The Morgan fingerprint density at radius 3 is 2.79 bits per heavy atom. The van der Waals surface area contributed by atoms with E-state index in [1.54, 1.807) is 12.3 Å². The molecule has 0 saturated carbocycles. The van der Waals surface area contributed by atoms with Gasteiger partial charge in [-0.15, -0.1) is 0 Å². The molecule has 1 aliphatic rings. The number of halogens is 2. The first-order valence-electron chi connectivity index (χ1n) is 9.24. The zero-order chi connectivity index (χ0) is 20.3. The molecule has 28 heavy (non-hydrogen) atoms. The zero-order valence-electron chi connectivity index (χ0n) is 16.3. The van der Waals surface area contributed by atoms with Crippen LogP contribution in [0.5, 0.6) is 5.75 Å². The van der Waals surface area contributed by atoms with E-state index in [9.17, 15) is 0 Å². The highest BCUT2D eigenvalue weighted by Crippen LogP contribution is 2.43. The molecule has 0 spiro atoms. The lowest BCUT2D eigenvalue weighted by atomic mass is 9.97. The molecule has 1 aromatic carbocycles. The summed E-state index contributed by atoms with van der Waals surface area (Å²) >= 11 is 18.5. The number of hydrogen-bond donors (Lipinski definition) is 1. The molecule has 9 heteroatoms. The lowest BCUT2D eigenvalue weighted by molar-refractivity contribution is 0.0213. The Labute approximate surface area is 182 Å². The number of benzene rings is 1. The lowest BCUT2D eigenvalue weighted by Crippen LogP contribution is -2.22. The maximum atomic E-state index is 6.57. The summed E-state index contributed by atoms with van der Waals surface area (Å²) in [5, 5.41) is 7.87. The van der Waals surface area contributed by atoms with E-state index >= 15 is 0 Å². The highest BCUT2D eigenvalue weighted by atomic mass is 35.5. The van der Waals surface area contributed by atoms with Crippen molar-refractivity contribution in [3.8, 4) is 5.75 Å². The number of anilines is 1. The van der Waals surface area contributed by atoms with E-state index in [1.165, 1.54) is 0 Å². The van der Waals surface area contributed by atoms with Crippen molar-refractivity contribution in [1.82, 2.24) is 10.2 Å². The predicted octanol–water partition coefficient (Wildman–Crippen LogP) is 5.73. The first-order valence-corrected chi connectivity index (χ1v) is 14.1. The molecular formula is C19H25Cl2N3O2SSi. The molecule has 1 atom stereocenters. The maximum absolute atomic E-state index is 6.57. The molecule has 152 valence electrons. The first-order chi connectivity index (χ1) is 13.3. The molecule has 3 rings (SSSR count). The number of aromatic amines is 1. The van der Waals surface area contributed by atoms with Gasteiger partial charge in [0.05, 0.1) is 26.9 Å². The normalized spacial score (nSPS) is 17.4. The van der Waals surface area contributed by atoms with Gasteiger partial charge in [-0.2, -0.15) is 5.10 Å². The lowest BCUT2D eigenvalue weighted by Gasteiger charge is -2.20. The van der Waals surface area contributed by atoms with E-state index in [4.69, 9.17) is 44.9 Å². The van der Waals surface area contributed by atoms with E-state index < -0.39 is 8.07 Å². The monoisotopic (exact) mass is 457 g/mol. The summed E-state index contributed by atoms with van der Waals surface area (Å²) in [5.41, 5.74) is 1.83. The average molecular weight is 458 g/mol. The van der Waals surface area contributed by atoms with Crippen LogP contribution < -0.4 is 9.64 Å². The second-order valence-corrected chi connectivity index (χ2v) is 15.0. The smallest absolute Gasteiger partial charge is 0.189 e. The molecular weight excluding hydrogens is 433 g/mol. The van der Waals surface area contributed by atoms with Crippen molar-refractivity contribution in [2.45, 2.75) is 38.0 Å². The number of rotatable bonds is 8. The summed E-state index contributed by atoms with van der Waals surface area (Å²) in [4.78, 5) is 2.91. The number of thiocarbonyl (C=S) groups is 1. The van der Waals surface area contributed by atoms with E-state index in [2.05, 4.69) is 34.7 Å². The van der Waals surface area contributed by atoms with Crippen molar-refractivity contribution < 1.29 is 9.47 Å². The third-order valence-corrected chi connectivity index (χ3v) is 7.63. The minimum Gasteiger partial charge on any atom is -0.467 e. The molecule has 2 aromatic rings. The van der Waals surface area contributed by atoms with Crippen LogP contribution in [0.4, 0.5) is 5.69 Å². The second-order valence-electron chi connectivity index (χ2n) is 8.12. The fourth-order valence-corrected chi connectivity index (χ4v) is 4.75. The Morgan fingerprint density at radius 1 is 1.32 bits per heavy atom. The summed E-state index contributed by atoms with van der Waals surface area (Å²) in [6, 6.07) is 4.71. The fourth-order valence-electron chi connectivity index (χ4n) is 3.14. The third-order valence-electron chi connectivity index (χ3n) is 4.72. The van der Waals surface area contributed by atoms with Crippen molar-refractivity contribution in [1.29, 1.82) is 0 Å². The molecule has 0 unspecified atom stereocenters. The minimum atomic E-state index is -1.12. The molecule has 0 radical (unpaired) electrons. The van der Waals surface area contributed by atoms with Crippen LogP contribution in [0.3, 0.4) is 0 Å². The van der Waals surface area contributed by atoms with Gasteiger partial charge in [0.2, 0.25) is 0 Å². The van der Waals surface area contributed by atoms with Crippen LogP contribution in [0.15, 0.2) is 24.5 Å². The summed E-state index contributed by atoms with van der Waals surface area (Å²) in [6.07, 6.45) is 4.30. The molecule has 5 nitrogen and oxygen atoms in total. The molecule has 1 N–H and O–H groups in total. The average Bonchev–Trinajstić information content (AvgIpc) is 3.26. The van der Waals surface area contributed by atoms with Gasteiger partial charge in [0.25, 0.3) is 0 Å². The third kappa shape index (κ3) is 5.27. The quantitative estimate of drug-likeness (QED) is 0.237. The molecule has 0 aliphatic carbocycles. The predicted molar refractivity (Wildman–Crippen MR) is 122 cm³/mol. The molecule has 1 aliphatic heterocycles. The topological polar surface area (TPSA) is 50.4 Å². The summed E-state index contributed by atoms with van der Waals surface area (Å²) in [5.74, 6) is 0.787. The number of H-pyrrole nitrogens is 1. The van der Waals surface area contributed by atoms with Crippen molar-refractivity contribution in [2.24, 2.45) is 0 Å². The highest BCUT2D eigenvalue weighted by Gasteiger charge is 2.33. The standard InChI is InChI=1S/C19H25Cl2N3O2SSi/c1-28(2,3)7-6-25-12-26-16-5-4-15(20)19(21)18(16)13-8-17(27)24(11-13)14-9-22-23-10-14/h4-5,9-10,13H,6-8,11-12H2,1-3H3,(H,22,23)/t13-/m0/s1. The van der Waals surface area contributed by atoms with Gasteiger partial charge < -0.3 is 14.4 Å². The Kier molecular flexibility index (Phi) is 7.04. The molecule has 1 aromatic heterocycles. The van der Waals surface area contributed by atoms with Gasteiger partial charge >= 0.3 is 0 Å². The molecule has 0 amide bonds. The van der Waals surface area contributed by atoms with Gasteiger partial charge in [-0.05, 0) is 18.2 Å². The Balaban J connectivity index is 1.72. The largest absolute Gasteiger partial charge is 0.467 e. The SMILES string of the molecule is C[Si](C)(C)CCOCOc1ccc(Cl)c(Cl)c1[C@H]1CC(=S)N(c2cn[nH]c2)C1. The van der Waals surface area contributed by atoms with E-state index in [-0.39, 0.29) is 12.7 Å². The number of nitrogens with one attached hydrogen (secondary N) is 1. The zero-order valence-corrected chi connectivity index (χ0v) is 19.6. The van der Waals surface area contributed by atoms with Crippen LogP contribution >= 0.6 is 35.4 Å². The second kappa shape index (κ2) is 9.13. The van der Waals surface area contributed by atoms with Crippen LogP contribution in [-0.2, 0) is 4.74 Å². The van der Waals surface area contributed by atoms with Crippen molar-refractivity contribution in [3.63, 3.8) is 0 Å². The van der Waals surface area contributed by atoms with Gasteiger partial charge in [0.15, 0.2) is 6.79 Å². The Morgan fingerprint density at radius 2 is 2.11 bits per heavy atom. The van der Waals surface area contributed by atoms with Crippen molar-refractivity contribution in [3.05, 3.63) is 40.1 Å². The minimum absolute atomic E-state index is 0.0885. The van der Waals surface area contributed by atoms with Crippen LogP contribution in [-0.4, -0.2) is 43.2 Å². The summed E-state index contributed by atoms with van der Waals surface area (Å²) in [6.45, 7) is 8.56. The van der Waals surface area contributed by atoms with Gasteiger partial charge in [-0.3, -0.25) is 5.10 Å². The van der Waals surface area contributed by atoms with Crippen LogP contribution in [0, 0.1) is 0 Å². The summed E-state index contributed by atoms with van der Waals surface area (Å²) < 4.78 is 11.6. The molecule has 1 fully saturated rings. The number of aromatic nitrogens is 2. The maximum Gasteiger partial charge on any atom is 0.189 e. The summed E-state index contributed by atoms with van der Waals surface area (Å²) in [7, 11) is -1.12. The number of ether oxygens (including phenoxy) is 2. The highest BCUT2D eigenvalue weighted by molar-refractivity contribution is 7.80. The Hall–Kier alpha value is -1.12. The van der Waals surface area contributed by atoms with E-state index in [0.29, 0.717) is 35.4 Å². The van der Waals surface area contributed by atoms with Crippen LogP contribution in [0.25, 0.3) is 0 Å².